The molecule has 0 atom stereocenters. The molecule has 0 fully saturated rings. The summed E-state index contributed by atoms with van der Waals surface area (Å²) in [7, 11) is 0. The van der Waals surface area contributed by atoms with Gasteiger partial charge in [-0.25, -0.2) is 5.43 Å². The predicted molar refractivity (Wildman–Crippen MR) is 112 cm³/mol. The Hall–Kier alpha value is -1.89. The fraction of sp³-hybridized carbons (Fsp3) is 0.263. The van der Waals surface area contributed by atoms with Crippen molar-refractivity contribution in [3.05, 3.63) is 52.0 Å². The molecule has 0 saturated carbocycles. The van der Waals surface area contributed by atoms with Gasteiger partial charge >= 0.3 is 0 Å². The third-order valence-electron chi connectivity index (χ3n) is 3.21. The number of hydrogen-bond donors (Lipinski definition) is 1. The monoisotopic (exact) mass is 426 g/mol. The Kier molecular flexibility index (Phi) is 8.78. The second-order valence-electron chi connectivity index (χ2n) is 5.23. The highest BCUT2D eigenvalue weighted by Gasteiger charge is 2.11. The summed E-state index contributed by atoms with van der Waals surface area (Å²) in [6.07, 6.45) is 1.51. The van der Waals surface area contributed by atoms with Gasteiger partial charge in [-0.05, 0) is 55.8 Å². The van der Waals surface area contributed by atoms with Crippen molar-refractivity contribution in [1.82, 2.24) is 5.43 Å². The van der Waals surface area contributed by atoms with Crippen LogP contribution in [0.4, 0.5) is 0 Å². The molecule has 144 valence electrons. The van der Waals surface area contributed by atoms with Gasteiger partial charge in [-0.1, -0.05) is 23.2 Å². The summed E-state index contributed by atoms with van der Waals surface area (Å²) < 4.78 is 11.1. The van der Waals surface area contributed by atoms with Gasteiger partial charge in [-0.2, -0.15) is 5.10 Å². The van der Waals surface area contributed by atoms with Crippen LogP contribution in [0.1, 0.15) is 19.4 Å². The Morgan fingerprint density at radius 2 is 1.85 bits per heavy atom. The van der Waals surface area contributed by atoms with Gasteiger partial charge in [0.25, 0.3) is 0 Å². The van der Waals surface area contributed by atoms with Crippen LogP contribution in [0.3, 0.4) is 0 Å². The topological polar surface area (TPSA) is 59.9 Å². The zero-order valence-electron chi connectivity index (χ0n) is 15.0. The van der Waals surface area contributed by atoms with Crippen LogP contribution < -0.4 is 14.9 Å². The highest BCUT2D eigenvalue weighted by atomic mass is 35.5. The molecule has 2 rings (SSSR count). The molecule has 0 aliphatic rings. The molecule has 0 unspecified atom stereocenters. The lowest BCUT2D eigenvalue weighted by Gasteiger charge is -2.13. The molecule has 0 bridgehead atoms. The zero-order valence-corrected chi connectivity index (χ0v) is 17.3. The molecule has 5 nitrogen and oxygen atoms in total. The number of hydrazone groups is 1. The lowest BCUT2D eigenvalue weighted by Crippen LogP contribution is -2.19. The number of rotatable bonds is 9. The largest absolute Gasteiger partial charge is 0.490 e. The average Bonchev–Trinajstić information content (AvgIpc) is 2.64. The molecule has 1 amide bonds. The standard InChI is InChI=1S/C19H20Cl2N2O3S/c1-3-25-17-10-13(9-16(21)19(17)26-4-2)11-22-23-18(24)12-27-15-7-5-14(20)6-8-15/h5-11H,3-4,12H2,1-2H3,(H,23,24)/b22-11-. The van der Waals surface area contributed by atoms with E-state index in [-0.39, 0.29) is 11.7 Å². The van der Waals surface area contributed by atoms with Crippen molar-refractivity contribution in [3.63, 3.8) is 0 Å². The quantitative estimate of drug-likeness (QED) is 0.346. The molecular weight excluding hydrogens is 407 g/mol. The minimum atomic E-state index is -0.215. The lowest BCUT2D eigenvalue weighted by atomic mass is 10.2. The van der Waals surface area contributed by atoms with E-state index in [1.165, 1.54) is 18.0 Å². The van der Waals surface area contributed by atoms with E-state index in [0.29, 0.717) is 40.3 Å². The average molecular weight is 427 g/mol. The smallest absolute Gasteiger partial charge is 0.250 e. The molecule has 0 aliphatic heterocycles. The molecular formula is C19H20Cl2N2O3S. The first-order valence-electron chi connectivity index (χ1n) is 8.32. The third kappa shape index (κ3) is 6.97. The fourth-order valence-corrected chi connectivity index (χ4v) is 3.19. The van der Waals surface area contributed by atoms with Gasteiger partial charge in [-0.3, -0.25) is 4.79 Å². The van der Waals surface area contributed by atoms with Crippen LogP contribution >= 0.6 is 35.0 Å². The second kappa shape index (κ2) is 11.1. The van der Waals surface area contributed by atoms with Crippen molar-refractivity contribution >= 4 is 47.1 Å². The van der Waals surface area contributed by atoms with Gasteiger partial charge in [0, 0.05) is 9.92 Å². The van der Waals surface area contributed by atoms with Crippen molar-refractivity contribution in [2.75, 3.05) is 19.0 Å². The number of hydrogen-bond acceptors (Lipinski definition) is 5. The summed E-state index contributed by atoms with van der Waals surface area (Å²) >= 11 is 13.5. The van der Waals surface area contributed by atoms with Crippen LogP contribution in [0.25, 0.3) is 0 Å². The Balaban J connectivity index is 1.94. The van der Waals surface area contributed by atoms with E-state index in [2.05, 4.69) is 10.5 Å². The van der Waals surface area contributed by atoms with E-state index >= 15 is 0 Å². The first-order valence-corrected chi connectivity index (χ1v) is 10.1. The number of thioether (sulfide) groups is 1. The van der Waals surface area contributed by atoms with Gasteiger partial charge in [0.05, 0.1) is 30.2 Å². The number of nitrogens with zero attached hydrogens (tertiary/aromatic N) is 1. The summed E-state index contributed by atoms with van der Waals surface area (Å²) in [4.78, 5) is 12.9. The maximum atomic E-state index is 11.9. The molecule has 0 aromatic heterocycles. The Morgan fingerprint density at radius 1 is 1.15 bits per heavy atom. The maximum Gasteiger partial charge on any atom is 0.250 e. The number of ether oxygens (including phenoxy) is 2. The van der Waals surface area contributed by atoms with E-state index in [1.54, 1.807) is 24.3 Å². The summed E-state index contributed by atoms with van der Waals surface area (Å²) in [5.41, 5.74) is 3.18. The number of carbonyl (C=O) groups excluding carboxylic acids is 1. The van der Waals surface area contributed by atoms with Crippen LogP contribution in [0.5, 0.6) is 11.5 Å². The molecule has 2 aromatic carbocycles. The molecule has 0 saturated heterocycles. The van der Waals surface area contributed by atoms with Crippen LogP contribution in [-0.2, 0) is 4.79 Å². The minimum absolute atomic E-state index is 0.215. The van der Waals surface area contributed by atoms with Gasteiger partial charge in [0.1, 0.15) is 0 Å². The fourth-order valence-electron chi connectivity index (χ4n) is 2.10. The molecule has 8 heteroatoms. The van der Waals surface area contributed by atoms with Crippen LogP contribution in [0.15, 0.2) is 46.4 Å². The maximum absolute atomic E-state index is 11.9. The zero-order chi connectivity index (χ0) is 19.6. The highest BCUT2D eigenvalue weighted by Crippen LogP contribution is 2.36. The summed E-state index contributed by atoms with van der Waals surface area (Å²) in [5, 5.41) is 5.06. The SMILES string of the molecule is CCOc1cc(/C=N\NC(=O)CSc2ccc(Cl)cc2)cc(Cl)c1OCC. The Labute approximate surface area is 173 Å². The molecule has 0 aliphatic carbocycles. The van der Waals surface area contributed by atoms with Crippen molar-refractivity contribution < 1.29 is 14.3 Å². The Morgan fingerprint density at radius 3 is 2.52 bits per heavy atom. The number of benzene rings is 2. The second-order valence-corrected chi connectivity index (χ2v) is 7.12. The number of nitrogens with one attached hydrogen (secondary N) is 1. The molecule has 1 N–H and O–H groups in total. The van der Waals surface area contributed by atoms with Gasteiger partial charge < -0.3 is 9.47 Å². The van der Waals surface area contributed by atoms with Crippen molar-refractivity contribution in [2.45, 2.75) is 18.7 Å². The summed E-state index contributed by atoms with van der Waals surface area (Å²) in [5.74, 6) is 1.07. The third-order valence-corrected chi connectivity index (χ3v) is 4.75. The predicted octanol–water partition coefficient (Wildman–Crippen LogP) is 5.03. The first-order chi connectivity index (χ1) is 13.0. The van der Waals surface area contributed by atoms with E-state index in [9.17, 15) is 4.79 Å². The van der Waals surface area contributed by atoms with Gasteiger partial charge in [-0.15, -0.1) is 11.8 Å². The molecule has 27 heavy (non-hydrogen) atoms. The minimum Gasteiger partial charge on any atom is -0.490 e. The van der Waals surface area contributed by atoms with Crippen molar-refractivity contribution in [1.29, 1.82) is 0 Å². The number of carbonyl (C=O) groups is 1. The van der Waals surface area contributed by atoms with Gasteiger partial charge in [0.15, 0.2) is 11.5 Å². The molecule has 0 spiro atoms. The van der Waals surface area contributed by atoms with Crippen LogP contribution in [0.2, 0.25) is 10.0 Å². The summed E-state index contributed by atoms with van der Waals surface area (Å²) in [6, 6.07) is 10.8. The van der Waals surface area contributed by atoms with E-state index in [4.69, 9.17) is 32.7 Å². The van der Waals surface area contributed by atoms with E-state index in [1.807, 2.05) is 26.0 Å². The molecule has 0 heterocycles. The molecule has 2 aromatic rings. The van der Waals surface area contributed by atoms with E-state index in [0.717, 1.165) is 4.90 Å². The Bertz CT molecular complexity index is 798. The van der Waals surface area contributed by atoms with Crippen LogP contribution in [0, 0.1) is 0 Å². The van der Waals surface area contributed by atoms with Crippen LogP contribution in [-0.4, -0.2) is 31.1 Å². The summed E-state index contributed by atoms with van der Waals surface area (Å²) in [6.45, 7) is 4.71. The van der Waals surface area contributed by atoms with E-state index < -0.39 is 0 Å². The van der Waals surface area contributed by atoms with Crippen molar-refractivity contribution in [3.8, 4) is 11.5 Å². The number of amides is 1. The normalized spacial score (nSPS) is 10.8. The first kappa shape index (κ1) is 21.4. The van der Waals surface area contributed by atoms with Gasteiger partial charge in [0.2, 0.25) is 5.91 Å². The highest BCUT2D eigenvalue weighted by molar-refractivity contribution is 8.00. The lowest BCUT2D eigenvalue weighted by molar-refractivity contribution is -0.118. The molecule has 0 radical (unpaired) electrons. The van der Waals surface area contributed by atoms with Crippen molar-refractivity contribution in [2.24, 2.45) is 5.10 Å². The number of halogens is 2.